The highest BCUT2D eigenvalue weighted by Crippen LogP contribution is 2.22. The van der Waals surface area contributed by atoms with E-state index in [0.717, 1.165) is 24.3 Å². The van der Waals surface area contributed by atoms with Crippen molar-refractivity contribution in [3.8, 4) is 5.75 Å². The largest absolute Gasteiger partial charge is 0.382 e. The van der Waals surface area contributed by atoms with Crippen molar-refractivity contribution in [1.82, 2.24) is 4.90 Å². The number of hydrogen-bond acceptors (Lipinski definition) is 5. The Morgan fingerprint density at radius 2 is 1.59 bits per heavy atom. The first-order valence-electron chi connectivity index (χ1n) is 8.99. The predicted octanol–water partition coefficient (Wildman–Crippen LogP) is 2.31. The maximum absolute atomic E-state index is 12.2. The van der Waals surface area contributed by atoms with Gasteiger partial charge in [-0.05, 0) is 36.2 Å². The number of piperazine rings is 1. The van der Waals surface area contributed by atoms with Gasteiger partial charge in [0.25, 0.3) is 0 Å². The predicted molar refractivity (Wildman–Crippen MR) is 105 cm³/mol. The average Bonchev–Trinajstić information content (AvgIpc) is 2.68. The van der Waals surface area contributed by atoms with Crippen molar-refractivity contribution in [2.45, 2.75) is 13.3 Å². The highest BCUT2D eigenvalue weighted by Gasteiger charge is 2.19. The highest BCUT2D eigenvalue weighted by atomic mass is 32.2. The quantitative estimate of drug-likeness (QED) is 0.711. The number of rotatable bonds is 6. The minimum absolute atomic E-state index is 0.0637. The summed E-state index contributed by atoms with van der Waals surface area (Å²) in [5.41, 5.74) is 1.96. The third-order valence-electron chi connectivity index (χ3n) is 4.63. The van der Waals surface area contributed by atoms with Gasteiger partial charge >= 0.3 is 10.1 Å². The molecule has 0 radical (unpaired) electrons. The summed E-state index contributed by atoms with van der Waals surface area (Å²) in [6, 6.07) is 16.5. The average molecular weight is 388 g/mol. The smallest absolute Gasteiger partial charge is 0.309 e. The zero-order valence-corrected chi connectivity index (χ0v) is 16.2. The van der Waals surface area contributed by atoms with Crippen LogP contribution in [0.15, 0.2) is 54.6 Å². The van der Waals surface area contributed by atoms with E-state index >= 15 is 0 Å². The minimum atomic E-state index is -3.65. The van der Waals surface area contributed by atoms with Crippen LogP contribution >= 0.6 is 0 Å². The second-order valence-corrected chi connectivity index (χ2v) is 8.26. The molecule has 6 nitrogen and oxygen atoms in total. The van der Waals surface area contributed by atoms with Crippen LogP contribution in [0.3, 0.4) is 0 Å². The van der Waals surface area contributed by atoms with Gasteiger partial charge in [-0.15, -0.1) is 0 Å². The molecule has 0 aromatic heterocycles. The van der Waals surface area contributed by atoms with Crippen LogP contribution in [-0.2, 0) is 21.3 Å². The van der Waals surface area contributed by atoms with Gasteiger partial charge in [-0.25, -0.2) is 0 Å². The number of nitrogens with zero attached hydrogens (tertiary/aromatic N) is 2. The first kappa shape index (κ1) is 19.2. The van der Waals surface area contributed by atoms with Gasteiger partial charge in [0.1, 0.15) is 5.75 Å². The second-order valence-electron chi connectivity index (χ2n) is 6.57. The lowest BCUT2D eigenvalue weighted by Gasteiger charge is -2.35. The Hall–Kier alpha value is -2.54. The Morgan fingerprint density at radius 3 is 2.19 bits per heavy atom. The molecule has 2 aromatic rings. The van der Waals surface area contributed by atoms with Gasteiger partial charge in [0, 0.05) is 38.8 Å². The molecule has 1 saturated heterocycles. The Labute approximate surface area is 160 Å². The Kier molecular flexibility index (Phi) is 6.01. The van der Waals surface area contributed by atoms with Crippen molar-refractivity contribution in [2.24, 2.45) is 0 Å². The van der Waals surface area contributed by atoms with Crippen LogP contribution in [0.1, 0.15) is 12.5 Å². The fraction of sp³-hybridized carbons (Fsp3) is 0.350. The first-order chi connectivity index (χ1) is 12.9. The topological polar surface area (TPSA) is 66.9 Å². The van der Waals surface area contributed by atoms with E-state index in [-0.39, 0.29) is 11.7 Å². The summed E-state index contributed by atoms with van der Waals surface area (Å²) in [4.78, 5) is 15.4. The molecule has 0 saturated carbocycles. The molecule has 0 unspecified atom stereocenters. The van der Waals surface area contributed by atoms with Gasteiger partial charge in [0.2, 0.25) is 5.91 Å². The van der Waals surface area contributed by atoms with Crippen LogP contribution in [0.2, 0.25) is 0 Å². The number of anilines is 1. The number of amides is 1. The van der Waals surface area contributed by atoms with Crippen molar-refractivity contribution < 1.29 is 17.4 Å². The maximum Gasteiger partial charge on any atom is 0.309 e. The zero-order chi connectivity index (χ0) is 19.3. The SMILES string of the molecule is CC(=O)N1CCN(c2ccc(OS(=O)(=O)CCc3ccccc3)cc2)CC1. The summed E-state index contributed by atoms with van der Waals surface area (Å²) >= 11 is 0. The molecule has 1 aliphatic heterocycles. The molecule has 2 aromatic carbocycles. The van der Waals surface area contributed by atoms with Gasteiger partial charge in [0.05, 0.1) is 5.75 Å². The Bertz CT molecular complexity index is 859. The summed E-state index contributed by atoms with van der Waals surface area (Å²) in [7, 11) is -3.65. The molecule has 0 aliphatic carbocycles. The molecule has 3 rings (SSSR count). The molecular weight excluding hydrogens is 364 g/mol. The van der Waals surface area contributed by atoms with E-state index in [4.69, 9.17) is 4.18 Å². The lowest BCUT2D eigenvalue weighted by atomic mass is 10.2. The Balaban J connectivity index is 1.55. The molecule has 0 spiro atoms. The third kappa shape index (κ3) is 5.47. The van der Waals surface area contributed by atoms with Crippen LogP contribution in [0.4, 0.5) is 5.69 Å². The van der Waals surface area contributed by atoms with E-state index in [1.165, 1.54) is 0 Å². The standard InChI is InChI=1S/C20H24N2O4S/c1-17(23)21-12-14-22(15-13-21)19-7-9-20(10-8-19)26-27(24,25)16-11-18-5-3-2-4-6-18/h2-10H,11-16H2,1H3. The van der Waals surface area contributed by atoms with Crippen LogP contribution in [0.25, 0.3) is 0 Å². The third-order valence-corrected chi connectivity index (χ3v) is 5.78. The van der Waals surface area contributed by atoms with Crippen molar-refractivity contribution in [2.75, 3.05) is 36.8 Å². The second kappa shape index (κ2) is 8.43. The van der Waals surface area contributed by atoms with Gasteiger partial charge in [0.15, 0.2) is 0 Å². The van der Waals surface area contributed by atoms with E-state index in [2.05, 4.69) is 4.90 Å². The van der Waals surface area contributed by atoms with Crippen molar-refractivity contribution in [3.63, 3.8) is 0 Å². The molecule has 7 heteroatoms. The number of aryl methyl sites for hydroxylation is 1. The lowest BCUT2D eigenvalue weighted by molar-refractivity contribution is -0.129. The summed E-state index contributed by atoms with van der Waals surface area (Å²) in [5.74, 6) is 0.347. The van der Waals surface area contributed by atoms with Gasteiger partial charge in [-0.3, -0.25) is 4.79 Å². The van der Waals surface area contributed by atoms with E-state index in [1.54, 1.807) is 19.1 Å². The summed E-state index contributed by atoms with van der Waals surface area (Å²) in [6.07, 6.45) is 0.418. The summed E-state index contributed by atoms with van der Waals surface area (Å²) in [5, 5.41) is 0. The number of benzene rings is 2. The van der Waals surface area contributed by atoms with E-state index in [1.807, 2.05) is 47.4 Å². The van der Waals surface area contributed by atoms with Crippen molar-refractivity contribution in [1.29, 1.82) is 0 Å². The summed E-state index contributed by atoms with van der Waals surface area (Å²) < 4.78 is 29.6. The molecule has 1 aliphatic rings. The van der Waals surface area contributed by atoms with Crippen LogP contribution in [0, 0.1) is 0 Å². The molecule has 0 N–H and O–H groups in total. The fourth-order valence-corrected chi connectivity index (χ4v) is 4.04. The lowest BCUT2D eigenvalue weighted by Crippen LogP contribution is -2.48. The highest BCUT2D eigenvalue weighted by molar-refractivity contribution is 7.87. The van der Waals surface area contributed by atoms with Crippen molar-refractivity contribution >= 4 is 21.7 Å². The zero-order valence-electron chi connectivity index (χ0n) is 15.4. The van der Waals surface area contributed by atoms with Crippen LogP contribution in [-0.4, -0.2) is 51.2 Å². The molecule has 27 heavy (non-hydrogen) atoms. The van der Waals surface area contributed by atoms with Crippen LogP contribution in [0.5, 0.6) is 5.75 Å². The summed E-state index contributed by atoms with van der Waals surface area (Å²) in [6.45, 7) is 4.49. The van der Waals surface area contributed by atoms with Crippen molar-refractivity contribution in [3.05, 3.63) is 60.2 Å². The normalized spacial score (nSPS) is 14.9. The molecule has 1 heterocycles. The van der Waals surface area contributed by atoms with Crippen LogP contribution < -0.4 is 9.08 Å². The fourth-order valence-electron chi connectivity index (χ4n) is 3.07. The monoisotopic (exact) mass is 388 g/mol. The molecular formula is C20H24N2O4S. The van der Waals surface area contributed by atoms with Gasteiger partial charge in [-0.1, -0.05) is 30.3 Å². The molecule has 144 valence electrons. The van der Waals surface area contributed by atoms with E-state index in [9.17, 15) is 13.2 Å². The first-order valence-corrected chi connectivity index (χ1v) is 10.6. The number of hydrogen-bond donors (Lipinski definition) is 0. The molecule has 1 fully saturated rings. The van der Waals surface area contributed by atoms with Gasteiger partial charge < -0.3 is 14.0 Å². The van der Waals surface area contributed by atoms with Gasteiger partial charge in [-0.2, -0.15) is 8.42 Å². The number of carbonyl (C=O) groups excluding carboxylic acids is 1. The number of carbonyl (C=O) groups is 1. The molecule has 0 bridgehead atoms. The maximum atomic E-state index is 12.2. The molecule has 0 atom stereocenters. The van der Waals surface area contributed by atoms with E-state index < -0.39 is 10.1 Å². The molecule has 1 amide bonds. The Morgan fingerprint density at radius 1 is 0.963 bits per heavy atom. The van der Waals surface area contributed by atoms with E-state index in [0.29, 0.717) is 25.3 Å². The minimum Gasteiger partial charge on any atom is -0.382 e.